The first kappa shape index (κ1) is 13.1. The van der Waals surface area contributed by atoms with Crippen molar-refractivity contribution < 1.29 is 4.74 Å². The number of nitrogens with one attached hydrogen (secondary N) is 1. The number of hydrogen-bond acceptors (Lipinski definition) is 3. The van der Waals surface area contributed by atoms with Crippen LogP contribution >= 0.6 is 0 Å². The lowest BCUT2D eigenvalue weighted by atomic mass is 9.63. The average molecular weight is 282 g/mol. The van der Waals surface area contributed by atoms with Gasteiger partial charge in [0.25, 0.3) is 0 Å². The van der Waals surface area contributed by atoms with Crippen LogP contribution in [0.5, 0.6) is 5.88 Å². The summed E-state index contributed by atoms with van der Waals surface area (Å²) in [6, 6.07) is 4.23. The van der Waals surface area contributed by atoms with E-state index in [2.05, 4.69) is 31.3 Å². The Balaban J connectivity index is 1.95. The van der Waals surface area contributed by atoms with Crippen LogP contribution in [0.3, 0.4) is 0 Å². The van der Waals surface area contributed by atoms with Crippen LogP contribution in [0.25, 0.3) is 0 Å². The molecule has 0 aromatic carbocycles. The third-order valence-electron chi connectivity index (χ3n) is 5.30. The molecule has 3 heteroatoms. The molecular weight excluding hydrogens is 260 g/mol. The molecule has 21 heavy (non-hydrogen) atoms. The van der Waals surface area contributed by atoms with Crippen LogP contribution < -0.4 is 10.1 Å². The van der Waals surface area contributed by atoms with Crippen molar-refractivity contribution in [2.24, 2.45) is 5.92 Å². The lowest BCUT2D eigenvalue weighted by Crippen LogP contribution is -2.47. The van der Waals surface area contributed by atoms with Crippen LogP contribution in [-0.2, 0) is 12.0 Å². The molecule has 1 N–H and O–H groups in total. The van der Waals surface area contributed by atoms with Crippen LogP contribution in [-0.4, -0.2) is 18.6 Å². The number of methoxy groups -OCH3 is 1. The number of ether oxygens (including phenoxy) is 1. The molecule has 0 amide bonds. The predicted molar refractivity (Wildman–Crippen MR) is 83.4 cm³/mol. The number of nitrogens with zero attached hydrogens (tertiary/aromatic N) is 1. The van der Waals surface area contributed by atoms with Crippen molar-refractivity contribution in [1.82, 2.24) is 10.3 Å². The molecule has 1 aliphatic heterocycles. The SMILES string of the molecule is CCC1=C2[C@H]3C=C(C)C[C@]2(NC1)c1ccc(OC)nc1C3. The molecule has 2 heterocycles. The highest BCUT2D eigenvalue weighted by molar-refractivity contribution is 5.54. The van der Waals surface area contributed by atoms with Gasteiger partial charge in [-0.3, -0.25) is 5.32 Å². The molecule has 2 atom stereocenters. The van der Waals surface area contributed by atoms with Crippen molar-refractivity contribution in [3.8, 4) is 5.88 Å². The molecule has 1 aromatic rings. The summed E-state index contributed by atoms with van der Waals surface area (Å²) in [5.41, 5.74) is 7.30. The van der Waals surface area contributed by atoms with Gasteiger partial charge in [0.2, 0.25) is 5.88 Å². The Morgan fingerprint density at radius 3 is 3.05 bits per heavy atom. The Hall–Kier alpha value is -1.61. The van der Waals surface area contributed by atoms with Gasteiger partial charge in [-0.25, -0.2) is 4.98 Å². The lowest BCUT2D eigenvalue weighted by molar-refractivity contribution is 0.352. The van der Waals surface area contributed by atoms with Gasteiger partial charge in [0.1, 0.15) is 0 Å². The Bertz CT molecular complexity index is 674. The molecule has 0 radical (unpaired) electrons. The van der Waals surface area contributed by atoms with Crippen molar-refractivity contribution in [2.45, 2.75) is 38.6 Å². The highest BCUT2D eigenvalue weighted by Crippen LogP contribution is 2.53. The van der Waals surface area contributed by atoms with E-state index >= 15 is 0 Å². The van der Waals surface area contributed by atoms with Gasteiger partial charge >= 0.3 is 0 Å². The summed E-state index contributed by atoms with van der Waals surface area (Å²) in [6.45, 7) is 5.56. The number of allylic oxidation sites excluding steroid dienone is 1. The maximum absolute atomic E-state index is 5.32. The average Bonchev–Trinajstić information content (AvgIpc) is 2.86. The van der Waals surface area contributed by atoms with Gasteiger partial charge in [0.15, 0.2) is 0 Å². The van der Waals surface area contributed by atoms with Gasteiger partial charge in [-0.2, -0.15) is 0 Å². The summed E-state index contributed by atoms with van der Waals surface area (Å²) < 4.78 is 5.32. The van der Waals surface area contributed by atoms with Crippen molar-refractivity contribution >= 4 is 0 Å². The molecule has 4 rings (SSSR count). The molecule has 0 unspecified atom stereocenters. The van der Waals surface area contributed by atoms with Crippen molar-refractivity contribution in [3.05, 3.63) is 46.2 Å². The maximum Gasteiger partial charge on any atom is 0.213 e. The second kappa shape index (κ2) is 4.44. The predicted octanol–water partition coefficient (Wildman–Crippen LogP) is 3.12. The zero-order valence-corrected chi connectivity index (χ0v) is 13.0. The first-order valence-corrected chi connectivity index (χ1v) is 7.87. The first-order chi connectivity index (χ1) is 10.2. The van der Waals surface area contributed by atoms with Gasteiger partial charge in [0, 0.05) is 24.9 Å². The molecule has 2 bridgehead atoms. The molecule has 2 aliphatic carbocycles. The summed E-state index contributed by atoms with van der Waals surface area (Å²) in [5, 5.41) is 3.83. The van der Waals surface area contributed by atoms with Crippen LogP contribution in [0.15, 0.2) is 34.9 Å². The summed E-state index contributed by atoms with van der Waals surface area (Å²) in [5.74, 6) is 1.24. The normalized spacial score (nSPS) is 29.9. The Morgan fingerprint density at radius 2 is 2.29 bits per heavy atom. The van der Waals surface area contributed by atoms with E-state index in [1.807, 2.05) is 6.07 Å². The van der Waals surface area contributed by atoms with Crippen LogP contribution in [0, 0.1) is 5.92 Å². The minimum absolute atomic E-state index is 0.00168. The maximum atomic E-state index is 5.32. The molecular formula is C18H22N2O. The summed E-state index contributed by atoms with van der Waals surface area (Å²) >= 11 is 0. The third kappa shape index (κ3) is 1.67. The molecule has 1 aromatic heterocycles. The van der Waals surface area contributed by atoms with E-state index in [0.29, 0.717) is 5.92 Å². The van der Waals surface area contributed by atoms with Crippen molar-refractivity contribution in [1.29, 1.82) is 0 Å². The molecule has 110 valence electrons. The number of aromatic nitrogens is 1. The standard InChI is InChI=1S/C18H22N2O/c1-4-12-10-19-18-9-11(2)7-13(17(12)18)8-15-14(18)5-6-16(20-15)21-3/h5-7,13,19H,4,8-10H2,1-3H3/t13-,18-/m0/s1. The number of hydrogen-bond donors (Lipinski definition) is 1. The molecule has 0 saturated carbocycles. The smallest absolute Gasteiger partial charge is 0.213 e. The second-order valence-electron chi connectivity index (χ2n) is 6.48. The topological polar surface area (TPSA) is 34.1 Å². The first-order valence-electron chi connectivity index (χ1n) is 7.87. The Kier molecular flexibility index (Phi) is 2.77. The summed E-state index contributed by atoms with van der Waals surface area (Å²) in [6.07, 6.45) is 5.68. The van der Waals surface area contributed by atoms with E-state index in [1.165, 1.54) is 16.8 Å². The van der Waals surface area contributed by atoms with Gasteiger partial charge < -0.3 is 4.74 Å². The van der Waals surface area contributed by atoms with E-state index in [1.54, 1.807) is 18.3 Å². The minimum Gasteiger partial charge on any atom is -0.481 e. The largest absolute Gasteiger partial charge is 0.481 e. The lowest BCUT2D eigenvalue weighted by Gasteiger charge is -2.45. The van der Waals surface area contributed by atoms with Gasteiger partial charge in [-0.05, 0) is 37.0 Å². The van der Waals surface area contributed by atoms with E-state index in [0.717, 1.165) is 31.7 Å². The van der Waals surface area contributed by atoms with Crippen molar-refractivity contribution in [2.75, 3.05) is 13.7 Å². The van der Waals surface area contributed by atoms with E-state index in [9.17, 15) is 0 Å². The fraction of sp³-hybridized carbons (Fsp3) is 0.500. The monoisotopic (exact) mass is 282 g/mol. The molecule has 3 aliphatic rings. The molecule has 3 nitrogen and oxygen atoms in total. The Labute approximate surface area is 126 Å². The number of fused-ring (bicyclic) bond motifs is 1. The Morgan fingerprint density at radius 1 is 1.43 bits per heavy atom. The van der Waals surface area contributed by atoms with Crippen molar-refractivity contribution in [3.63, 3.8) is 0 Å². The number of rotatable bonds is 2. The van der Waals surface area contributed by atoms with E-state index < -0.39 is 0 Å². The van der Waals surface area contributed by atoms with E-state index in [-0.39, 0.29) is 5.54 Å². The summed E-state index contributed by atoms with van der Waals surface area (Å²) in [7, 11) is 1.69. The fourth-order valence-corrected chi connectivity index (χ4v) is 4.55. The second-order valence-corrected chi connectivity index (χ2v) is 6.48. The van der Waals surface area contributed by atoms with Crippen LogP contribution in [0.1, 0.15) is 37.9 Å². The highest BCUT2D eigenvalue weighted by atomic mass is 16.5. The zero-order valence-electron chi connectivity index (χ0n) is 13.0. The number of pyridine rings is 1. The molecule has 0 saturated heterocycles. The molecule has 0 spiro atoms. The van der Waals surface area contributed by atoms with Gasteiger partial charge in [-0.15, -0.1) is 0 Å². The fourth-order valence-electron chi connectivity index (χ4n) is 4.55. The highest BCUT2D eigenvalue weighted by Gasteiger charge is 2.50. The minimum atomic E-state index is 0.00168. The molecule has 0 fully saturated rings. The van der Waals surface area contributed by atoms with E-state index in [4.69, 9.17) is 9.72 Å². The summed E-state index contributed by atoms with van der Waals surface area (Å²) in [4.78, 5) is 4.73. The van der Waals surface area contributed by atoms with Gasteiger partial charge in [-0.1, -0.05) is 24.1 Å². The van der Waals surface area contributed by atoms with Gasteiger partial charge in [0.05, 0.1) is 18.3 Å². The zero-order chi connectivity index (χ0) is 14.6. The quantitative estimate of drug-likeness (QED) is 0.846. The van der Waals surface area contributed by atoms with Crippen LogP contribution in [0.4, 0.5) is 0 Å². The third-order valence-corrected chi connectivity index (χ3v) is 5.30. The van der Waals surface area contributed by atoms with Crippen LogP contribution in [0.2, 0.25) is 0 Å².